The molecule has 2 amide bonds. The van der Waals surface area contributed by atoms with E-state index < -0.39 is 0 Å². The Balaban J connectivity index is 1.88. The predicted molar refractivity (Wildman–Crippen MR) is 65.3 cm³/mol. The number of anilines is 2. The summed E-state index contributed by atoms with van der Waals surface area (Å²) in [5.74, 6) is -0.123. The van der Waals surface area contributed by atoms with Crippen molar-refractivity contribution in [2.24, 2.45) is 0 Å². The van der Waals surface area contributed by atoms with Gasteiger partial charge in [0, 0.05) is 24.3 Å². The van der Waals surface area contributed by atoms with Crippen molar-refractivity contribution in [3.63, 3.8) is 0 Å². The quantitative estimate of drug-likeness (QED) is 0.759. The lowest BCUT2D eigenvalue weighted by molar-refractivity contribution is -0.131. The van der Waals surface area contributed by atoms with Gasteiger partial charge in [-0.25, -0.2) is 0 Å². The van der Waals surface area contributed by atoms with Gasteiger partial charge in [-0.15, -0.1) is 0 Å². The number of amides is 2. The molecule has 90 valence electrons. The summed E-state index contributed by atoms with van der Waals surface area (Å²) in [7, 11) is 0. The molecule has 1 aromatic carbocycles. The number of benzene rings is 1. The van der Waals surface area contributed by atoms with Gasteiger partial charge in [0.15, 0.2) is 0 Å². The van der Waals surface area contributed by atoms with Gasteiger partial charge in [-0.3, -0.25) is 9.59 Å². The van der Waals surface area contributed by atoms with Crippen molar-refractivity contribution in [1.82, 2.24) is 4.90 Å². The number of nitrogens with two attached hydrogens (primary N) is 1. The van der Waals surface area contributed by atoms with Gasteiger partial charge in [0.1, 0.15) is 0 Å². The maximum Gasteiger partial charge on any atom is 0.243 e. The molecule has 5 heteroatoms. The maximum absolute atomic E-state index is 11.7. The number of carbonyl (C=O) groups excluding carboxylic acids is 2. The molecule has 1 fully saturated rings. The summed E-state index contributed by atoms with van der Waals surface area (Å²) in [4.78, 5) is 24.6. The van der Waals surface area contributed by atoms with E-state index in [9.17, 15) is 9.59 Å². The Morgan fingerprint density at radius 2 is 2.06 bits per heavy atom. The van der Waals surface area contributed by atoms with E-state index in [4.69, 9.17) is 5.73 Å². The first-order chi connectivity index (χ1) is 8.15. The summed E-state index contributed by atoms with van der Waals surface area (Å²) in [6.07, 6.45) is 1.39. The predicted octanol–water partition coefficient (Wildman–Crippen LogP) is 0.830. The number of rotatable bonds is 3. The van der Waals surface area contributed by atoms with Crippen molar-refractivity contribution in [1.29, 1.82) is 0 Å². The lowest BCUT2D eigenvalue weighted by Crippen LogP contribution is -2.33. The molecule has 0 radical (unpaired) electrons. The minimum atomic E-state index is -0.176. The molecule has 0 saturated carbocycles. The average molecular weight is 233 g/mol. The number of nitrogen functional groups attached to an aromatic ring is 1. The fourth-order valence-electron chi connectivity index (χ4n) is 1.81. The minimum absolute atomic E-state index is 0.0532. The smallest absolute Gasteiger partial charge is 0.243 e. The molecule has 1 saturated heterocycles. The van der Waals surface area contributed by atoms with E-state index >= 15 is 0 Å². The third-order valence-corrected chi connectivity index (χ3v) is 2.70. The largest absolute Gasteiger partial charge is 0.399 e. The molecular formula is C12H15N3O2. The molecule has 5 nitrogen and oxygen atoms in total. The molecule has 17 heavy (non-hydrogen) atoms. The second kappa shape index (κ2) is 4.86. The Morgan fingerprint density at radius 3 is 2.65 bits per heavy atom. The number of carbonyl (C=O) groups is 2. The van der Waals surface area contributed by atoms with E-state index in [1.54, 1.807) is 29.2 Å². The van der Waals surface area contributed by atoms with Gasteiger partial charge in [0.25, 0.3) is 0 Å². The molecule has 1 aliphatic heterocycles. The topological polar surface area (TPSA) is 75.4 Å². The first-order valence-corrected chi connectivity index (χ1v) is 5.58. The van der Waals surface area contributed by atoms with Crippen LogP contribution in [0.4, 0.5) is 11.4 Å². The molecule has 0 bridgehead atoms. The van der Waals surface area contributed by atoms with Gasteiger partial charge in [-0.1, -0.05) is 0 Å². The Bertz CT molecular complexity index is 428. The molecule has 1 aromatic rings. The fourth-order valence-corrected chi connectivity index (χ4v) is 1.81. The third-order valence-electron chi connectivity index (χ3n) is 2.70. The normalized spacial score (nSPS) is 15.1. The van der Waals surface area contributed by atoms with Crippen LogP contribution in [0.3, 0.4) is 0 Å². The van der Waals surface area contributed by atoms with Crippen LogP contribution in [-0.4, -0.2) is 29.8 Å². The highest BCUT2D eigenvalue weighted by molar-refractivity contribution is 5.94. The van der Waals surface area contributed by atoms with E-state index in [2.05, 4.69) is 5.32 Å². The van der Waals surface area contributed by atoms with Crippen molar-refractivity contribution in [3.05, 3.63) is 24.3 Å². The number of hydrogen-bond acceptors (Lipinski definition) is 3. The van der Waals surface area contributed by atoms with Crippen LogP contribution in [0.25, 0.3) is 0 Å². The first kappa shape index (κ1) is 11.4. The Kier molecular flexibility index (Phi) is 3.27. The molecule has 3 N–H and O–H groups in total. The van der Waals surface area contributed by atoms with Crippen LogP contribution in [0.1, 0.15) is 12.8 Å². The molecule has 2 rings (SSSR count). The molecule has 0 aromatic heterocycles. The summed E-state index contributed by atoms with van der Waals surface area (Å²) in [6, 6.07) is 6.91. The summed E-state index contributed by atoms with van der Waals surface area (Å²) < 4.78 is 0. The first-order valence-electron chi connectivity index (χ1n) is 5.58. The van der Waals surface area contributed by atoms with Gasteiger partial charge in [-0.2, -0.15) is 0 Å². The molecule has 0 aliphatic carbocycles. The second-order valence-corrected chi connectivity index (χ2v) is 4.09. The zero-order chi connectivity index (χ0) is 12.3. The van der Waals surface area contributed by atoms with Crippen molar-refractivity contribution in [3.8, 4) is 0 Å². The third kappa shape index (κ3) is 2.96. The number of likely N-dealkylation sites (tertiary alicyclic amines) is 1. The number of nitrogens with one attached hydrogen (secondary N) is 1. The number of hydrogen-bond donors (Lipinski definition) is 2. The van der Waals surface area contributed by atoms with E-state index in [1.807, 2.05) is 0 Å². The molecule has 0 atom stereocenters. The molecule has 1 aliphatic rings. The molecule has 0 unspecified atom stereocenters. The fraction of sp³-hybridized carbons (Fsp3) is 0.333. The van der Waals surface area contributed by atoms with Gasteiger partial charge < -0.3 is 16.0 Å². The van der Waals surface area contributed by atoms with Gasteiger partial charge in [-0.05, 0) is 30.7 Å². The monoisotopic (exact) mass is 233 g/mol. The highest BCUT2D eigenvalue weighted by atomic mass is 16.2. The van der Waals surface area contributed by atoms with Gasteiger partial charge in [0.2, 0.25) is 11.8 Å². The highest BCUT2D eigenvalue weighted by Crippen LogP contribution is 2.12. The van der Waals surface area contributed by atoms with Crippen molar-refractivity contribution >= 4 is 23.2 Å². The number of nitrogens with zero attached hydrogens (tertiary/aromatic N) is 1. The Morgan fingerprint density at radius 1 is 1.35 bits per heavy atom. The van der Waals surface area contributed by atoms with E-state index in [0.717, 1.165) is 6.42 Å². The lowest BCUT2D eigenvalue weighted by atomic mass is 10.3. The van der Waals surface area contributed by atoms with Crippen LogP contribution in [-0.2, 0) is 9.59 Å². The van der Waals surface area contributed by atoms with Crippen molar-refractivity contribution in [2.75, 3.05) is 24.1 Å². The summed E-state index contributed by atoms with van der Waals surface area (Å²) in [6.45, 7) is 0.803. The van der Waals surface area contributed by atoms with Crippen LogP contribution in [0.15, 0.2) is 24.3 Å². The SMILES string of the molecule is Nc1ccc(NC(=O)CN2CCCC2=O)cc1. The zero-order valence-corrected chi connectivity index (χ0v) is 9.48. The second-order valence-electron chi connectivity index (χ2n) is 4.09. The Labute approximate surface area is 99.6 Å². The standard InChI is InChI=1S/C12H15N3O2/c13-9-3-5-10(6-4-9)14-11(16)8-15-7-1-2-12(15)17/h3-6H,1-2,7-8,13H2,(H,14,16). The zero-order valence-electron chi connectivity index (χ0n) is 9.48. The summed E-state index contributed by atoms with van der Waals surface area (Å²) in [5, 5.41) is 2.73. The Hall–Kier alpha value is -2.04. The maximum atomic E-state index is 11.7. The van der Waals surface area contributed by atoms with Gasteiger partial charge in [0.05, 0.1) is 6.54 Å². The van der Waals surface area contributed by atoms with E-state index in [0.29, 0.717) is 24.3 Å². The lowest BCUT2D eigenvalue weighted by Gasteiger charge is -2.14. The van der Waals surface area contributed by atoms with Crippen LogP contribution in [0.2, 0.25) is 0 Å². The molecule has 1 heterocycles. The van der Waals surface area contributed by atoms with Crippen LogP contribution in [0.5, 0.6) is 0 Å². The van der Waals surface area contributed by atoms with E-state index in [-0.39, 0.29) is 18.4 Å². The van der Waals surface area contributed by atoms with Crippen LogP contribution in [0, 0.1) is 0 Å². The average Bonchev–Trinajstić information content (AvgIpc) is 2.68. The van der Waals surface area contributed by atoms with Gasteiger partial charge >= 0.3 is 0 Å². The molecular weight excluding hydrogens is 218 g/mol. The van der Waals surface area contributed by atoms with Crippen LogP contribution < -0.4 is 11.1 Å². The van der Waals surface area contributed by atoms with E-state index in [1.165, 1.54) is 0 Å². The summed E-state index contributed by atoms with van der Waals surface area (Å²) >= 11 is 0. The summed E-state index contributed by atoms with van der Waals surface area (Å²) in [5.41, 5.74) is 6.88. The molecule has 0 spiro atoms. The highest BCUT2D eigenvalue weighted by Gasteiger charge is 2.22. The minimum Gasteiger partial charge on any atom is -0.399 e. The van der Waals surface area contributed by atoms with Crippen molar-refractivity contribution in [2.45, 2.75) is 12.8 Å². The van der Waals surface area contributed by atoms with Crippen molar-refractivity contribution < 1.29 is 9.59 Å². The van der Waals surface area contributed by atoms with Crippen LogP contribution >= 0.6 is 0 Å².